The molecule has 7 heteroatoms. The van der Waals surface area contributed by atoms with Crippen LogP contribution in [0.1, 0.15) is 25.8 Å². The molecule has 2 heterocycles. The fourth-order valence-electron chi connectivity index (χ4n) is 2.95. The first kappa shape index (κ1) is 18.0. The molecule has 1 fully saturated rings. The van der Waals surface area contributed by atoms with Gasteiger partial charge in [0.15, 0.2) is 5.79 Å². The summed E-state index contributed by atoms with van der Waals surface area (Å²) in [7, 11) is 0. The second-order valence-corrected chi connectivity index (χ2v) is 7.39. The molecule has 2 aromatic rings. The fraction of sp³-hybridized carbons (Fsp3) is 0.471. The van der Waals surface area contributed by atoms with Crippen molar-refractivity contribution in [2.45, 2.75) is 51.2 Å². The Hall–Kier alpha value is -0.780. The highest BCUT2D eigenvalue weighted by atomic mass is 35.5. The Morgan fingerprint density at radius 3 is 2.29 bits per heavy atom. The molecule has 3 rings (SSSR count). The molecule has 0 amide bonds. The van der Waals surface area contributed by atoms with E-state index in [-0.39, 0.29) is 12.2 Å². The van der Waals surface area contributed by atoms with Crippen LogP contribution in [0.2, 0.25) is 15.1 Å². The Labute approximate surface area is 156 Å². The van der Waals surface area contributed by atoms with E-state index in [0.717, 1.165) is 5.56 Å². The SMILES string of the molecule is CC1OC(CCc2c(Cl)cc(Cl)cc2Cl)(Cn2ccnc2)OC1C. The summed E-state index contributed by atoms with van der Waals surface area (Å²) in [5.74, 6) is -0.730. The average Bonchev–Trinajstić information content (AvgIpc) is 3.07. The number of hydrogen-bond acceptors (Lipinski definition) is 3. The van der Waals surface area contributed by atoms with Crippen molar-refractivity contribution in [3.8, 4) is 0 Å². The highest BCUT2D eigenvalue weighted by Crippen LogP contribution is 2.37. The van der Waals surface area contributed by atoms with Gasteiger partial charge in [0.25, 0.3) is 0 Å². The minimum absolute atomic E-state index is 0.0182. The lowest BCUT2D eigenvalue weighted by Crippen LogP contribution is -2.36. The molecular formula is C17H19Cl3N2O2. The summed E-state index contributed by atoms with van der Waals surface area (Å²) in [5, 5.41) is 1.64. The standard InChI is InChI=1S/C17H19Cl3N2O2/c1-11-12(2)24-17(23-11,9-22-6-5-21-10-22)4-3-14-15(19)7-13(18)8-16(14)20/h5-8,10-12H,3-4,9H2,1-2H3. The van der Waals surface area contributed by atoms with Crippen molar-refractivity contribution in [3.63, 3.8) is 0 Å². The lowest BCUT2D eigenvalue weighted by molar-refractivity contribution is -0.186. The van der Waals surface area contributed by atoms with Crippen LogP contribution in [0, 0.1) is 0 Å². The Kier molecular flexibility index (Phi) is 5.42. The van der Waals surface area contributed by atoms with E-state index in [1.54, 1.807) is 24.7 Å². The van der Waals surface area contributed by atoms with Crippen molar-refractivity contribution in [1.29, 1.82) is 0 Å². The number of nitrogens with zero attached hydrogens (tertiary/aromatic N) is 2. The normalized spacial score (nSPS) is 26.9. The molecule has 0 radical (unpaired) electrons. The molecule has 4 nitrogen and oxygen atoms in total. The Bertz CT molecular complexity index is 673. The van der Waals surface area contributed by atoms with E-state index in [0.29, 0.717) is 34.5 Å². The topological polar surface area (TPSA) is 36.3 Å². The molecule has 0 N–H and O–H groups in total. The molecule has 0 spiro atoms. The van der Waals surface area contributed by atoms with Gasteiger partial charge in [-0.3, -0.25) is 0 Å². The summed E-state index contributed by atoms with van der Waals surface area (Å²) in [6, 6.07) is 3.41. The average molecular weight is 390 g/mol. The van der Waals surface area contributed by atoms with Gasteiger partial charge in [-0.25, -0.2) is 4.98 Å². The molecule has 1 aliphatic rings. The molecule has 1 aromatic heterocycles. The number of rotatable bonds is 5. The molecule has 2 unspecified atom stereocenters. The predicted octanol–water partition coefficient (Wildman–Crippen LogP) is 5.00. The lowest BCUT2D eigenvalue weighted by Gasteiger charge is -2.29. The number of imidazole rings is 1. The second-order valence-electron chi connectivity index (χ2n) is 6.14. The van der Waals surface area contributed by atoms with Gasteiger partial charge in [-0.05, 0) is 38.0 Å². The van der Waals surface area contributed by atoms with Crippen LogP contribution in [0.25, 0.3) is 0 Å². The molecule has 0 bridgehead atoms. The minimum Gasteiger partial charge on any atom is -0.342 e. The highest BCUT2D eigenvalue weighted by molar-refractivity contribution is 6.39. The summed E-state index contributed by atoms with van der Waals surface area (Å²) in [6.45, 7) is 4.59. The zero-order valence-corrected chi connectivity index (χ0v) is 15.8. The van der Waals surface area contributed by atoms with Crippen LogP contribution >= 0.6 is 34.8 Å². The number of ether oxygens (including phenoxy) is 2. The molecule has 0 aliphatic carbocycles. The first-order valence-corrected chi connectivity index (χ1v) is 8.97. The van der Waals surface area contributed by atoms with E-state index in [9.17, 15) is 0 Å². The summed E-state index contributed by atoms with van der Waals surface area (Å²) in [4.78, 5) is 4.08. The van der Waals surface area contributed by atoms with E-state index in [2.05, 4.69) is 4.98 Å². The maximum absolute atomic E-state index is 6.30. The second kappa shape index (κ2) is 7.22. The zero-order chi connectivity index (χ0) is 17.3. The zero-order valence-electron chi connectivity index (χ0n) is 13.5. The summed E-state index contributed by atoms with van der Waals surface area (Å²) in [5.41, 5.74) is 0.854. The van der Waals surface area contributed by atoms with Gasteiger partial charge in [0.1, 0.15) is 0 Å². The maximum atomic E-state index is 6.30. The highest BCUT2D eigenvalue weighted by Gasteiger charge is 2.44. The van der Waals surface area contributed by atoms with Crippen LogP contribution in [-0.4, -0.2) is 27.5 Å². The van der Waals surface area contributed by atoms with Crippen molar-refractivity contribution in [2.75, 3.05) is 0 Å². The quantitative estimate of drug-likeness (QED) is 0.722. The summed E-state index contributed by atoms with van der Waals surface area (Å²) >= 11 is 18.6. The molecule has 24 heavy (non-hydrogen) atoms. The van der Waals surface area contributed by atoms with Gasteiger partial charge in [0.05, 0.1) is 25.1 Å². The molecule has 1 aliphatic heterocycles. The van der Waals surface area contributed by atoms with E-state index in [4.69, 9.17) is 44.3 Å². The first-order chi connectivity index (χ1) is 11.4. The molecule has 130 valence electrons. The van der Waals surface area contributed by atoms with Gasteiger partial charge in [0, 0.05) is 33.9 Å². The van der Waals surface area contributed by atoms with Crippen molar-refractivity contribution in [2.24, 2.45) is 0 Å². The molecule has 1 aromatic carbocycles. The van der Waals surface area contributed by atoms with Crippen molar-refractivity contribution < 1.29 is 9.47 Å². The van der Waals surface area contributed by atoms with Crippen LogP contribution in [0.15, 0.2) is 30.9 Å². The molecule has 0 saturated carbocycles. The van der Waals surface area contributed by atoms with Gasteiger partial charge in [-0.2, -0.15) is 0 Å². The van der Waals surface area contributed by atoms with Crippen LogP contribution in [0.3, 0.4) is 0 Å². The van der Waals surface area contributed by atoms with Crippen LogP contribution < -0.4 is 0 Å². The van der Waals surface area contributed by atoms with Gasteiger partial charge in [-0.15, -0.1) is 0 Å². The van der Waals surface area contributed by atoms with Gasteiger partial charge < -0.3 is 14.0 Å². The Balaban J connectivity index is 1.80. The molecule has 2 atom stereocenters. The van der Waals surface area contributed by atoms with Crippen LogP contribution in [0.4, 0.5) is 0 Å². The Morgan fingerprint density at radius 2 is 1.75 bits per heavy atom. The number of hydrogen-bond donors (Lipinski definition) is 0. The van der Waals surface area contributed by atoms with Crippen molar-refractivity contribution in [1.82, 2.24) is 9.55 Å². The van der Waals surface area contributed by atoms with E-state index in [1.807, 2.05) is 24.6 Å². The van der Waals surface area contributed by atoms with E-state index >= 15 is 0 Å². The van der Waals surface area contributed by atoms with E-state index < -0.39 is 5.79 Å². The fourth-order valence-corrected chi connectivity index (χ4v) is 3.96. The predicted molar refractivity (Wildman–Crippen MR) is 95.8 cm³/mol. The van der Waals surface area contributed by atoms with Crippen molar-refractivity contribution in [3.05, 3.63) is 51.5 Å². The lowest BCUT2D eigenvalue weighted by atomic mass is 10.0. The van der Waals surface area contributed by atoms with Gasteiger partial charge >= 0.3 is 0 Å². The van der Waals surface area contributed by atoms with Crippen molar-refractivity contribution >= 4 is 34.8 Å². The van der Waals surface area contributed by atoms with Gasteiger partial charge in [0.2, 0.25) is 0 Å². The third-order valence-electron chi connectivity index (χ3n) is 4.31. The molecular weight excluding hydrogens is 371 g/mol. The largest absolute Gasteiger partial charge is 0.342 e. The van der Waals surface area contributed by atoms with Crippen LogP contribution in [-0.2, 0) is 22.4 Å². The minimum atomic E-state index is -0.730. The van der Waals surface area contributed by atoms with E-state index in [1.165, 1.54) is 0 Å². The summed E-state index contributed by atoms with van der Waals surface area (Å²) < 4.78 is 14.3. The third kappa shape index (κ3) is 3.89. The third-order valence-corrected chi connectivity index (χ3v) is 5.20. The smallest absolute Gasteiger partial charge is 0.187 e. The first-order valence-electron chi connectivity index (χ1n) is 7.83. The van der Waals surface area contributed by atoms with Gasteiger partial charge in [-0.1, -0.05) is 34.8 Å². The number of benzene rings is 1. The maximum Gasteiger partial charge on any atom is 0.187 e. The number of aromatic nitrogens is 2. The monoisotopic (exact) mass is 388 g/mol. The Morgan fingerprint density at radius 1 is 1.12 bits per heavy atom. The molecule has 1 saturated heterocycles. The van der Waals surface area contributed by atoms with Crippen LogP contribution in [0.5, 0.6) is 0 Å². The summed E-state index contributed by atoms with van der Waals surface area (Å²) in [6.07, 6.45) is 6.68. The number of halogens is 3.